The molecular formula is C29H32O12. The van der Waals surface area contributed by atoms with Crippen molar-refractivity contribution in [2.45, 2.75) is 62.8 Å². The molecule has 2 aliphatic rings. The lowest BCUT2D eigenvalue weighted by Gasteiger charge is -2.64. The van der Waals surface area contributed by atoms with Crippen molar-refractivity contribution in [3.8, 4) is 28.4 Å². The molecule has 0 radical (unpaired) electrons. The molecule has 5 N–H and O–H groups in total. The number of benzene rings is 2. The van der Waals surface area contributed by atoms with Crippen LogP contribution >= 0.6 is 0 Å². The van der Waals surface area contributed by atoms with E-state index in [2.05, 4.69) is 0 Å². The van der Waals surface area contributed by atoms with Gasteiger partial charge < -0.3 is 48.9 Å². The fourth-order valence-electron chi connectivity index (χ4n) is 5.44. The summed E-state index contributed by atoms with van der Waals surface area (Å²) in [7, 11) is 0. The van der Waals surface area contributed by atoms with E-state index in [1.54, 1.807) is 6.07 Å². The Morgan fingerprint density at radius 3 is 2.20 bits per heavy atom. The van der Waals surface area contributed by atoms with Gasteiger partial charge in [-0.2, -0.15) is 0 Å². The van der Waals surface area contributed by atoms with E-state index in [1.807, 2.05) is 0 Å². The van der Waals surface area contributed by atoms with Crippen molar-refractivity contribution in [1.82, 2.24) is 0 Å². The first-order valence-corrected chi connectivity index (χ1v) is 12.9. The number of carbonyl (C=O) groups is 1. The predicted octanol–water partition coefficient (Wildman–Crippen LogP) is 2.06. The molecule has 41 heavy (non-hydrogen) atoms. The van der Waals surface area contributed by atoms with E-state index in [0.717, 1.165) is 0 Å². The van der Waals surface area contributed by atoms with Gasteiger partial charge in [0.15, 0.2) is 17.1 Å². The van der Waals surface area contributed by atoms with Gasteiger partial charge >= 0.3 is 5.97 Å². The molecule has 5 rings (SSSR count). The minimum Gasteiger partial charge on any atom is -0.486 e. The smallest absolute Gasteiger partial charge is 0.372 e. The summed E-state index contributed by atoms with van der Waals surface area (Å²) >= 11 is 0. The van der Waals surface area contributed by atoms with Gasteiger partial charge in [-0.25, -0.2) is 4.79 Å². The van der Waals surface area contributed by atoms with Gasteiger partial charge in [0.25, 0.3) is 0 Å². The summed E-state index contributed by atoms with van der Waals surface area (Å²) in [6, 6.07) is 8.63. The van der Waals surface area contributed by atoms with Gasteiger partial charge in [-0.05, 0) is 57.5 Å². The second-order valence-electron chi connectivity index (χ2n) is 11.2. The Kier molecular flexibility index (Phi) is 6.44. The summed E-state index contributed by atoms with van der Waals surface area (Å²) < 4.78 is 28.8. The van der Waals surface area contributed by atoms with E-state index in [1.165, 1.54) is 65.0 Å². The largest absolute Gasteiger partial charge is 0.486 e. The van der Waals surface area contributed by atoms with E-state index in [-0.39, 0.29) is 27.8 Å². The molecule has 2 aliphatic heterocycles. The van der Waals surface area contributed by atoms with Gasteiger partial charge in [0.2, 0.25) is 17.0 Å². The molecule has 220 valence electrons. The van der Waals surface area contributed by atoms with Gasteiger partial charge in [-0.15, -0.1) is 0 Å². The second kappa shape index (κ2) is 9.16. The van der Waals surface area contributed by atoms with E-state index in [4.69, 9.17) is 23.4 Å². The molecule has 12 heteroatoms. The number of aromatic carboxylic acids is 1. The summed E-state index contributed by atoms with van der Waals surface area (Å²) in [4.78, 5) is 25.8. The lowest BCUT2D eigenvalue weighted by molar-refractivity contribution is -0.441. The number of fused-ring (bicyclic) bond motifs is 2. The number of carboxylic acid groups (broad SMARTS) is 1. The molecule has 12 nitrogen and oxygen atoms in total. The number of aliphatic hydroxyl groups excluding tert-OH is 1. The van der Waals surface area contributed by atoms with Crippen molar-refractivity contribution in [2.75, 3.05) is 19.8 Å². The second-order valence-corrected chi connectivity index (χ2v) is 11.2. The third-order valence-electron chi connectivity index (χ3n) is 8.73. The van der Waals surface area contributed by atoms with Crippen LogP contribution in [0.15, 0.2) is 45.6 Å². The highest BCUT2D eigenvalue weighted by molar-refractivity contribution is 5.97. The Morgan fingerprint density at radius 2 is 1.56 bits per heavy atom. The van der Waals surface area contributed by atoms with Gasteiger partial charge in [0, 0.05) is 13.0 Å². The maximum absolute atomic E-state index is 13.6. The molecule has 0 aliphatic carbocycles. The Hall–Kier alpha value is -3.68. The Balaban J connectivity index is 1.60. The van der Waals surface area contributed by atoms with Crippen LogP contribution in [0.3, 0.4) is 0 Å². The van der Waals surface area contributed by atoms with Crippen LogP contribution in [0.4, 0.5) is 0 Å². The van der Waals surface area contributed by atoms with Crippen molar-refractivity contribution in [3.63, 3.8) is 0 Å². The van der Waals surface area contributed by atoms with Crippen LogP contribution in [0.5, 0.6) is 17.2 Å². The minimum atomic E-state index is -2.26. The first-order chi connectivity index (χ1) is 19.0. The molecule has 1 saturated heterocycles. The molecule has 1 aromatic heterocycles. The first-order valence-electron chi connectivity index (χ1n) is 12.9. The Labute approximate surface area is 234 Å². The lowest BCUT2D eigenvalue weighted by Crippen LogP contribution is -2.85. The van der Waals surface area contributed by atoms with Crippen LogP contribution in [-0.2, 0) is 4.74 Å². The predicted molar refractivity (Wildman–Crippen MR) is 143 cm³/mol. The van der Waals surface area contributed by atoms with E-state index < -0.39 is 52.0 Å². The van der Waals surface area contributed by atoms with Crippen LogP contribution in [0.2, 0.25) is 0 Å². The number of ether oxygens (including phenoxy) is 4. The number of hydrogen-bond acceptors (Lipinski definition) is 11. The Morgan fingerprint density at radius 1 is 0.902 bits per heavy atom. The molecule has 1 fully saturated rings. The van der Waals surface area contributed by atoms with Crippen LogP contribution in [0, 0.1) is 0 Å². The van der Waals surface area contributed by atoms with Crippen molar-refractivity contribution in [1.29, 1.82) is 0 Å². The molecule has 0 saturated carbocycles. The lowest BCUT2D eigenvalue weighted by atomic mass is 9.61. The molecular weight excluding hydrogens is 540 g/mol. The van der Waals surface area contributed by atoms with Gasteiger partial charge in [0.1, 0.15) is 41.3 Å². The monoisotopic (exact) mass is 572 g/mol. The van der Waals surface area contributed by atoms with Crippen molar-refractivity contribution < 1.29 is 53.7 Å². The number of aliphatic hydroxyl groups is 4. The molecule has 0 unspecified atom stereocenters. The van der Waals surface area contributed by atoms with Gasteiger partial charge in [0.05, 0.1) is 17.6 Å². The van der Waals surface area contributed by atoms with Gasteiger partial charge in [-0.3, -0.25) is 4.79 Å². The summed E-state index contributed by atoms with van der Waals surface area (Å²) in [5, 5.41) is 53.9. The van der Waals surface area contributed by atoms with Crippen LogP contribution in [0.25, 0.3) is 22.1 Å². The molecule has 0 spiro atoms. The molecule has 3 aromatic rings. The number of hydrogen-bond donors (Lipinski definition) is 5. The van der Waals surface area contributed by atoms with Crippen LogP contribution < -0.4 is 19.6 Å². The fraction of sp³-hybridized carbons (Fsp3) is 0.448. The van der Waals surface area contributed by atoms with Crippen LogP contribution in [-0.4, -0.2) is 79.5 Å². The fourth-order valence-corrected chi connectivity index (χ4v) is 5.44. The van der Waals surface area contributed by atoms with Crippen molar-refractivity contribution in [3.05, 3.63) is 52.4 Å². The maximum Gasteiger partial charge on any atom is 0.372 e. The number of rotatable bonds is 5. The zero-order valence-corrected chi connectivity index (χ0v) is 23.2. The SMILES string of the molecule is C[C@]1(Oc2ccc3c(=O)c(-c4ccc5c(c4)OCCO5)c(C(=O)O)oc3c2)O[C@](C)(CO)[C@](C)(O)[C@@](C)(O)[C@@]1(C)O. The Bertz CT molecular complexity index is 1600. The molecule has 5 atom stereocenters. The molecule has 3 heterocycles. The van der Waals surface area contributed by atoms with Gasteiger partial charge in [-0.1, -0.05) is 6.07 Å². The zero-order chi connectivity index (χ0) is 30.2. The summed E-state index contributed by atoms with van der Waals surface area (Å²) in [6.45, 7) is 6.25. The molecule has 0 bridgehead atoms. The quantitative estimate of drug-likeness (QED) is 0.300. The maximum atomic E-state index is 13.6. The molecule has 0 amide bonds. The van der Waals surface area contributed by atoms with Crippen LogP contribution in [0.1, 0.15) is 45.2 Å². The number of carboxylic acids is 1. The highest BCUT2D eigenvalue weighted by atomic mass is 16.7. The van der Waals surface area contributed by atoms with E-state index >= 15 is 0 Å². The summed E-state index contributed by atoms with van der Waals surface area (Å²) in [5.74, 6) is -3.35. The highest BCUT2D eigenvalue weighted by Crippen LogP contribution is 2.53. The summed E-state index contributed by atoms with van der Waals surface area (Å²) in [5.41, 5.74) is -9.10. The topological polar surface area (TPSA) is 185 Å². The average Bonchev–Trinajstić information content (AvgIpc) is 2.91. The van der Waals surface area contributed by atoms with Crippen molar-refractivity contribution >= 4 is 16.9 Å². The third-order valence-corrected chi connectivity index (χ3v) is 8.73. The van der Waals surface area contributed by atoms with E-state index in [0.29, 0.717) is 24.7 Å². The molecule has 2 aromatic carbocycles. The van der Waals surface area contributed by atoms with E-state index in [9.17, 15) is 35.1 Å². The minimum absolute atomic E-state index is 0.0236. The normalized spacial score (nSPS) is 33.0. The highest BCUT2D eigenvalue weighted by Gasteiger charge is 2.75. The average molecular weight is 573 g/mol. The third kappa shape index (κ3) is 4.01. The standard InChI is InChI=1S/C29H32O12/c1-25(14-30)26(2,34)27(3,35)28(4,36)29(5,41-25)40-16-7-8-17-19(13-16)39-23(24(32)33)21(22(17)31)15-6-9-18-20(12-15)38-11-10-37-18/h6-9,12-13,30,34-36H,10-11,14H2,1-5H3,(H,32,33)/t25-,26+,27-,28-,29+/m1/s1. The summed E-state index contributed by atoms with van der Waals surface area (Å²) in [6.07, 6.45) is 0. The first kappa shape index (κ1) is 28.8. The van der Waals surface area contributed by atoms with Crippen molar-refractivity contribution in [2.24, 2.45) is 0 Å². The zero-order valence-electron chi connectivity index (χ0n) is 23.2.